The second-order valence-corrected chi connectivity index (χ2v) is 5.47. The van der Waals surface area contributed by atoms with Crippen molar-refractivity contribution in [3.8, 4) is 5.75 Å². The second kappa shape index (κ2) is 5.04. The highest BCUT2D eigenvalue weighted by atomic mass is 35.5. The van der Waals surface area contributed by atoms with Crippen LogP contribution in [0.2, 0.25) is 5.02 Å². The standard InChI is InChI=1S/C8H8ClFN2O5S/c1-11(2)18(15,16)17-8-4-7(12(13)14)6(10)3-5(8)9/h3-4H,1-2H3. The van der Waals surface area contributed by atoms with E-state index in [1.54, 1.807) is 0 Å². The predicted octanol–water partition coefficient (Wildman–Crippen LogP) is 1.57. The highest BCUT2D eigenvalue weighted by Crippen LogP contribution is 2.32. The Bertz CT molecular complexity index is 589. The summed E-state index contributed by atoms with van der Waals surface area (Å²) in [6, 6.07) is 1.22. The molecule has 10 heteroatoms. The fourth-order valence-corrected chi connectivity index (χ4v) is 1.66. The first kappa shape index (κ1) is 14.6. The molecule has 18 heavy (non-hydrogen) atoms. The van der Waals surface area contributed by atoms with Gasteiger partial charge in [0.25, 0.3) is 0 Å². The van der Waals surface area contributed by atoms with Crippen LogP contribution in [0, 0.1) is 15.9 Å². The third-order valence-electron chi connectivity index (χ3n) is 1.84. The Hall–Kier alpha value is -1.45. The summed E-state index contributed by atoms with van der Waals surface area (Å²) in [4.78, 5) is 9.48. The van der Waals surface area contributed by atoms with Crippen LogP contribution in [0.3, 0.4) is 0 Å². The third kappa shape index (κ3) is 3.06. The molecule has 0 radical (unpaired) electrons. The molecule has 0 bridgehead atoms. The van der Waals surface area contributed by atoms with E-state index in [0.717, 1.165) is 4.31 Å². The minimum absolute atomic E-state index is 0.386. The largest absolute Gasteiger partial charge is 0.384 e. The number of hydrogen-bond donors (Lipinski definition) is 0. The lowest BCUT2D eigenvalue weighted by molar-refractivity contribution is -0.387. The molecule has 0 saturated heterocycles. The summed E-state index contributed by atoms with van der Waals surface area (Å²) in [6.45, 7) is 0. The number of rotatable bonds is 4. The van der Waals surface area contributed by atoms with Crippen molar-refractivity contribution in [3.63, 3.8) is 0 Å². The van der Waals surface area contributed by atoms with Crippen molar-refractivity contribution in [2.75, 3.05) is 14.1 Å². The second-order valence-electron chi connectivity index (χ2n) is 3.31. The maximum Gasteiger partial charge on any atom is 0.384 e. The van der Waals surface area contributed by atoms with Gasteiger partial charge in [0.2, 0.25) is 5.82 Å². The minimum Gasteiger partial charge on any atom is -0.369 e. The summed E-state index contributed by atoms with van der Waals surface area (Å²) in [7, 11) is -1.73. The summed E-state index contributed by atoms with van der Waals surface area (Å²) >= 11 is 5.55. The Kier molecular flexibility index (Phi) is 4.09. The Morgan fingerprint density at radius 2 is 2.00 bits per heavy atom. The summed E-state index contributed by atoms with van der Waals surface area (Å²) in [6.07, 6.45) is 0. The van der Waals surface area contributed by atoms with Gasteiger partial charge in [0.1, 0.15) is 0 Å². The van der Waals surface area contributed by atoms with Gasteiger partial charge in [-0.05, 0) is 0 Å². The maximum atomic E-state index is 13.1. The van der Waals surface area contributed by atoms with Gasteiger partial charge in [-0.1, -0.05) is 11.6 Å². The molecule has 0 atom stereocenters. The minimum atomic E-state index is -4.13. The lowest BCUT2D eigenvalue weighted by atomic mass is 10.3. The van der Waals surface area contributed by atoms with Crippen LogP contribution < -0.4 is 4.18 Å². The first-order chi connectivity index (χ1) is 8.15. The highest BCUT2D eigenvalue weighted by molar-refractivity contribution is 7.84. The van der Waals surface area contributed by atoms with Crippen molar-refractivity contribution >= 4 is 27.6 Å². The molecule has 0 fully saturated rings. The molecule has 100 valence electrons. The lowest BCUT2D eigenvalue weighted by Gasteiger charge is -2.12. The normalized spacial score (nSPS) is 11.6. The Morgan fingerprint density at radius 1 is 1.44 bits per heavy atom. The van der Waals surface area contributed by atoms with E-state index in [0.29, 0.717) is 12.1 Å². The van der Waals surface area contributed by atoms with Gasteiger partial charge < -0.3 is 4.18 Å². The van der Waals surface area contributed by atoms with Gasteiger partial charge in [-0.15, -0.1) is 0 Å². The molecule has 0 aromatic heterocycles. The van der Waals surface area contributed by atoms with Crippen LogP contribution in [0.4, 0.5) is 10.1 Å². The molecule has 0 heterocycles. The van der Waals surface area contributed by atoms with Crippen LogP contribution in [-0.4, -0.2) is 31.7 Å². The summed E-state index contributed by atoms with van der Waals surface area (Å²) in [5.41, 5.74) is -0.927. The maximum absolute atomic E-state index is 13.1. The molecule has 0 aliphatic carbocycles. The van der Waals surface area contributed by atoms with E-state index in [1.165, 1.54) is 14.1 Å². The molecule has 1 aromatic rings. The van der Waals surface area contributed by atoms with Crippen molar-refractivity contribution in [2.45, 2.75) is 0 Å². The van der Waals surface area contributed by atoms with Crippen LogP contribution in [0.5, 0.6) is 5.75 Å². The molecule has 0 unspecified atom stereocenters. The molecule has 0 aliphatic rings. The van der Waals surface area contributed by atoms with Crippen molar-refractivity contribution in [1.29, 1.82) is 0 Å². The van der Waals surface area contributed by atoms with Crippen LogP contribution in [0.25, 0.3) is 0 Å². The van der Waals surface area contributed by atoms with Crippen LogP contribution in [-0.2, 0) is 10.3 Å². The quantitative estimate of drug-likeness (QED) is 0.621. The molecular formula is C8H8ClFN2O5S. The van der Waals surface area contributed by atoms with Gasteiger partial charge in [0, 0.05) is 20.2 Å². The smallest absolute Gasteiger partial charge is 0.369 e. The first-order valence-electron chi connectivity index (χ1n) is 4.40. The molecule has 7 nitrogen and oxygen atoms in total. The molecule has 0 aliphatic heterocycles. The molecule has 0 spiro atoms. The average molecular weight is 299 g/mol. The number of hydrogen-bond acceptors (Lipinski definition) is 5. The zero-order valence-electron chi connectivity index (χ0n) is 9.25. The molecule has 0 N–H and O–H groups in total. The van der Waals surface area contributed by atoms with Gasteiger partial charge in [0.05, 0.1) is 16.0 Å². The van der Waals surface area contributed by atoms with E-state index >= 15 is 0 Å². The fourth-order valence-electron chi connectivity index (χ4n) is 0.910. The van der Waals surface area contributed by atoms with Crippen molar-refractivity contribution in [3.05, 3.63) is 33.1 Å². The zero-order valence-corrected chi connectivity index (χ0v) is 10.8. The highest BCUT2D eigenvalue weighted by Gasteiger charge is 2.23. The number of nitrogens with zero attached hydrogens (tertiary/aromatic N) is 2. The van der Waals surface area contributed by atoms with E-state index in [4.69, 9.17) is 11.6 Å². The Labute approximate surface area is 107 Å². The van der Waals surface area contributed by atoms with Gasteiger partial charge in [-0.3, -0.25) is 10.1 Å². The van der Waals surface area contributed by atoms with Crippen LogP contribution >= 0.6 is 11.6 Å². The van der Waals surface area contributed by atoms with Gasteiger partial charge >= 0.3 is 16.0 Å². The topological polar surface area (TPSA) is 89.8 Å². The van der Waals surface area contributed by atoms with Gasteiger partial charge in [-0.25, -0.2) is 0 Å². The van der Waals surface area contributed by atoms with Gasteiger partial charge in [0.15, 0.2) is 5.75 Å². The molecule has 0 saturated carbocycles. The first-order valence-corrected chi connectivity index (χ1v) is 6.15. The van der Waals surface area contributed by atoms with Crippen molar-refractivity contribution in [2.24, 2.45) is 0 Å². The number of halogens is 2. The van der Waals surface area contributed by atoms with E-state index in [1.807, 2.05) is 0 Å². The van der Waals surface area contributed by atoms with Crippen LogP contribution in [0.15, 0.2) is 12.1 Å². The van der Waals surface area contributed by atoms with E-state index in [-0.39, 0.29) is 5.02 Å². The molecule has 1 aromatic carbocycles. The zero-order chi connectivity index (χ0) is 14.1. The summed E-state index contributed by atoms with van der Waals surface area (Å²) in [5, 5.41) is 10.1. The van der Waals surface area contributed by atoms with Crippen molar-refractivity contribution < 1.29 is 21.9 Å². The monoisotopic (exact) mass is 298 g/mol. The Morgan fingerprint density at radius 3 is 2.44 bits per heavy atom. The number of nitro benzene ring substituents is 1. The summed E-state index contributed by atoms with van der Waals surface area (Å²) in [5.74, 6) is -1.70. The predicted molar refractivity (Wildman–Crippen MR) is 61.3 cm³/mol. The molecule has 0 amide bonds. The van der Waals surface area contributed by atoms with Crippen molar-refractivity contribution in [1.82, 2.24) is 4.31 Å². The third-order valence-corrected chi connectivity index (χ3v) is 3.42. The molecule has 1 rings (SSSR count). The van der Waals surface area contributed by atoms with Crippen LogP contribution in [0.1, 0.15) is 0 Å². The van der Waals surface area contributed by atoms with E-state index in [9.17, 15) is 22.9 Å². The van der Waals surface area contributed by atoms with Gasteiger partial charge in [-0.2, -0.15) is 17.1 Å². The SMILES string of the molecule is CN(C)S(=O)(=O)Oc1cc([N+](=O)[O-])c(F)cc1Cl. The van der Waals surface area contributed by atoms with E-state index in [2.05, 4.69) is 4.18 Å². The lowest BCUT2D eigenvalue weighted by Crippen LogP contribution is -2.27. The Balaban J connectivity index is 3.27. The fraction of sp³-hybridized carbons (Fsp3) is 0.250. The molecular weight excluding hydrogens is 291 g/mol. The number of nitro groups is 1. The van der Waals surface area contributed by atoms with E-state index < -0.39 is 32.5 Å². The summed E-state index contributed by atoms with van der Waals surface area (Å²) < 4.78 is 41.2. The average Bonchev–Trinajstić information content (AvgIpc) is 2.21. The number of benzene rings is 1.